The van der Waals surface area contributed by atoms with E-state index in [9.17, 15) is 4.79 Å². The summed E-state index contributed by atoms with van der Waals surface area (Å²) in [5.41, 5.74) is 7.45. The summed E-state index contributed by atoms with van der Waals surface area (Å²) in [6, 6.07) is 10.8. The topological polar surface area (TPSA) is 70.1 Å². The van der Waals surface area contributed by atoms with E-state index in [0.29, 0.717) is 21.8 Å². The zero-order chi connectivity index (χ0) is 14.0. The van der Waals surface area contributed by atoms with Gasteiger partial charge >= 0.3 is 0 Å². The van der Waals surface area contributed by atoms with E-state index in [1.165, 1.54) is 16.2 Å². The minimum absolute atomic E-state index is 0.160. The molecule has 0 saturated carbocycles. The number of anilines is 2. The maximum atomic E-state index is 12.4. The van der Waals surface area contributed by atoms with Gasteiger partial charge in [0, 0.05) is 17.6 Å². The molecular formula is C14H13N3OS. The fourth-order valence-electron chi connectivity index (χ4n) is 1.74. The lowest BCUT2D eigenvalue weighted by Crippen LogP contribution is -2.26. The normalized spacial score (nSPS) is 9.95. The highest BCUT2D eigenvalue weighted by atomic mass is 32.1. The predicted molar refractivity (Wildman–Crippen MR) is 77.4 cm³/mol. The zero-order valence-corrected chi connectivity index (χ0v) is 11.5. The molecule has 0 fully saturated rings. The van der Waals surface area contributed by atoms with Crippen molar-refractivity contribution in [3.05, 3.63) is 45.6 Å². The van der Waals surface area contributed by atoms with E-state index < -0.39 is 0 Å². The minimum atomic E-state index is -0.160. The van der Waals surface area contributed by atoms with E-state index in [1.54, 1.807) is 37.4 Å². The van der Waals surface area contributed by atoms with Crippen LogP contribution >= 0.6 is 11.3 Å². The smallest absolute Gasteiger partial charge is 0.268 e. The lowest BCUT2D eigenvalue weighted by Gasteiger charge is -2.17. The molecule has 1 heterocycles. The largest absolute Gasteiger partial charge is 0.398 e. The van der Waals surface area contributed by atoms with Gasteiger partial charge in [0.05, 0.1) is 16.1 Å². The maximum Gasteiger partial charge on any atom is 0.268 e. The van der Waals surface area contributed by atoms with Gasteiger partial charge in [-0.2, -0.15) is 5.26 Å². The fourth-order valence-corrected chi connectivity index (χ4v) is 2.65. The Morgan fingerprint density at radius 3 is 2.68 bits per heavy atom. The van der Waals surface area contributed by atoms with Gasteiger partial charge in [0.25, 0.3) is 5.91 Å². The molecule has 0 spiro atoms. The first-order valence-corrected chi connectivity index (χ1v) is 6.49. The van der Waals surface area contributed by atoms with Gasteiger partial charge in [-0.1, -0.05) is 12.1 Å². The molecular weight excluding hydrogens is 258 g/mol. The lowest BCUT2D eigenvalue weighted by molar-refractivity contribution is 0.0997. The van der Waals surface area contributed by atoms with Crippen LogP contribution in [0.5, 0.6) is 0 Å². The monoisotopic (exact) mass is 271 g/mol. The Labute approximate surface area is 115 Å². The summed E-state index contributed by atoms with van der Waals surface area (Å²) in [6.07, 6.45) is 0. The van der Waals surface area contributed by atoms with Crippen LogP contribution in [0, 0.1) is 18.3 Å². The SMILES string of the molecule is Cc1sc(C(=O)N(C)c2ccccc2C#N)cc1N. The molecule has 0 atom stereocenters. The van der Waals surface area contributed by atoms with Crippen LogP contribution in [0.4, 0.5) is 11.4 Å². The second-order valence-electron chi connectivity index (χ2n) is 4.12. The van der Waals surface area contributed by atoms with E-state index >= 15 is 0 Å². The van der Waals surface area contributed by atoms with Crippen LogP contribution in [0.1, 0.15) is 20.1 Å². The molecule has 1 amide bonds. The highest BCUT2D eigenvalue weighted by molar-refractivity contribution is 7.14. The number of thiophene rings is 1. The Hall–Kier alpha value is -2.32. The molecule has 0 bridgehead atoms. The van der Waals surface area contributed by atoms with Crippen molar-refractivity contribution in [2.24, 2.45) is 0 Å². The fraction of sp³-hybridized carbons (Fsp3) is 0.143. The number of para-hydroxylation sites is 1. The Balaban J connectivity index is 2.36. The maximum absolute atomic E-state index is 12.4. The third-order valence-electron chi connectivity index (χ3n) is 2.86. The first-order valence-electron chi connectivity index (χ1n) is 5.67. The van der Waals surface area contributed by atoms with Gasteiger partial charge in [0.2, 0.25) is 0 Å². The first-order chi connectivity index (χ1) is 9.04. The second kappa shape index (κ2) is 5.12. The molecule has 0 radical (unpaired) electrons. The number of rotatable bonds is 2. The van der Waals surface area contributed by atoms with E-state index in [4.69, 9.17) is 11.0 Å². The summed E-state index contributed by atoms with van der Waals surface area (Å²) in [6.45, 7) is 1.88. The Morgan fingerprint density at radius 1 is 1.42 bits per heavy atom. The Morgan fingerprint density at radius 2 is 2.11 bits per heavy atom. The average Bonchev–Trinajstić information content (AvgIpc) is 2.77. The van der Waals surface area contributed by atoms with E-state index in [1.807, 2.05) is 6.92 Å². The number of aryl methyl sites for hydroxylation is 1. The molecule has 2 aromatic rings. The number of hydrogen-bond acceptors (Lipinski definition) is 4. The van der Waals surface area contributed by atoms with Crippen molar-refractivity contribution in [1.29, 1.82) is 5.26 Å². The molecule has 0 aliphatic rings. The van der Waals surface area contributed by atoms with Crippen molar-refractivity contribution in [2.75, 3.05) is 17.7 Å². The van der Waals surface area contributed by atoms with Crippen LogP contribution in [0.2, 0.25) is 0 Å². The van der Waals surface area contributed by atoms with Crippen LogP contribution < -0.4 is 10.6 Å². The Kier molecular flexibility index (Phi) is 3.54. The highest BCUT2D eigenvalue weighted by Crippen LogP contribution is 2.27. The number of nitrogen functional groups attached to an aromatic ring is 1. The van der Waals surface area contributed by atoms with Crippen molar-refractivity contribution >= 4 is 28.6 Å². The third kappa shape index (κ3) is 2.44. The number of nitriles is 1. The molecule has 5 heteroatoms. The van der Waals surface area contributed by atoms with Crippen molar-refractivity contribution in [3.8, 4) is 6.07 Å². The number of benzene rings is 1. The minimum Gasteiger partial charge on any atom is -0.398 e. The van der Waals surface area contributed by atoms with Gasteiger partial charge in [0.1, 0.15) is 6.07 Å². The van der Waals surface area contributed by atoms with Crippen molar-refractivity contribution in [3.63, 3.8) is 0 Å². The number of hydrogen-bond donors (Lipinski definition) is 1. The van der Waals surface area contributed by atoms with Gasteiger partial charge in [-0.05, 0) is 25.1 Å². The van der Waals surface area contributed by atoms with Gasteiger partial charge in [-0.25, -0.2) is 0 Å². The molecule has 96 valence electrons. The molecule has 0 aliphatic carbocycles. The molecule has 4 nitrogen and oxygen atoms in total. The number of nitrogens with two attached hydrogens (primary N) is 1. The van der Waals surface area contributed by atoms with E-state index in [2.05, 4.69) is 6.07 Å². The number of carbonyl (C=O) groups excluding carboxylic acids is 1. The summed E-state index contributed by atoms with van der Waals surface area (Å²) in [7, 11) is 1.66. The summed E-state index contributed by atoms with van der Waals surface area (Å²) in [4.78, 5) is 15.3. The quantitative estimate of drug-likeness (QED) is 0.913. The van der Waals surface area contributed by atoms with Gasteiger partial charge < -0.3 is 10.6 Å². The highest BCUT2D eigenvalue weighted by Gasteiger charge is 2.18. The second-order valence-corrected chi connectivity index (χ2v) is 5.37. The molecule has 2 rings (SSSR count). The summed E-state index contributed by atoms with van der Waals surface area (Å²) in [5.74, 6) is -0.160. The number of carbonyl (C=O) groups is 1. The van der Waals surface area contributed by atoms with Gasteiger partial charge in [0.15, 0.2) is 0 Å². The average molecular weight is 271 g/mol. The number of amides is 1. The van der Waals surface area contributed by atoms with Crippen LogP contribution in [-0.2, 0) is 0 Å². The zero-order valence-electron chi connectivity index (χ0n) is 10.7. The molecule has 0 saturated heterocycles. The van der Waals surface area contributed by atoms with Crippen LogP contribution in [0.3, 0.4) is 0 Å². The standard InChI is InChI=1S/C14H13N3OS/c1-9-11(16)7-13(19-9)14(18)17(2)12-6-4-3-5-10(12)8-15/h3-7H,16H2,1-2H3. The van der Waals surface area contributed by atoms with E-state index in [-0.39, 0.29) is 5.91 Å². The van der Waals surface area contributed by atoms with Crippen LogP contribution in [0.25, 0.3) is 0 Å². The van der Waals surface area contributed by atoms with Gasteiger partial charge in [-0.15, -0.1) is 11.3 Å². The van der Waals surface area contributed by atoms with Crippen molar-refractivity contribution < 1.29 is 4.79 Å². The molecule has 0 aliphatic heterocycles. The summed E-state index contributed by atoms with van der Waals surface area (Å²) < 4.78 is 0. The lowest BCUT2D eigenvalue weighted by atomic mass is 10.2. The predicted octanol–water partition coefficient (Wildman–Crippen LogP) is 2.79. The van der Waals surface area contributed by atoms with Crippen molar-refractivity contribution in [1.82, 2.24) is 0 Å². The Bertz CT molecular complexity index is 650. The summed E-state index contributed by atoms with van der Waals surface area (Å²) >= 11 is 1.36. The summed E-state index contributed by atoms with van der Waals surface area (Å²) in [5, 5.41) is 9.06. The molecule has 1 aromatic heterocycles. The van der Waals surface area contributed by atoms with Crippen LogP contribution in [-0.4, -0.2) is 13.0 Å². The first kappa shape index (κ1) is 13.1. The van der Waals surface area contributed by atoms with E-state index in [0.717, 1.165) is 4.88 Å². The van der Waals surface area contributed by atoms with Crippen LogP contribution in [0.15, 0.2) is 30.3 Å². The molecule has 0 unspecified atom stereocenters. The molecule has 2 N–H and O–H groups in total. The van der Waals surface area contributed by atoms with Crippen molar-refractivity contribution in [2.45, 2.75) is 6.92 Å². The third-order valence-corrected chi connectivity index (χ3v) is 3.91. The molecule has 19 heavy (non-hydrogen) atoms. The molecule has 1 aromatic carbocycles. The van der Waals surface area contributed by atoms with Gasteiger partial charge in [-0.3, -0.25) is 4.79 Å². The number of nitrogens with zero attached hydrogens (tertiary/aromatic N) is 2.